The van der Waals surface area contributed by atoms with Gasteiger partial charge in [0, 0.05) is 18.9 Å². The molecule has 1 amide bonds. The summed E-state index contributed by atoms with van der Waals surface area (Å²) in [5.41, 5.74) is 0. The first-order valence-electron chi connectivity index (χ1n) is 9.11. The van der Waals surface area contributed by atoms with Gasteiger partial charge in [0.2, 0.25) is 5.91 Å². The van der Waals surface area contributed by atoms with Crippen LogP contribution in [0, 0.1) is 0 Å². The van der Waals surface area contributed by atoms with Crippen molar-refractivity contribution in [3.8, 4) is 0 Å². The molecule has 0 atom stereocenters. The van der Waals surface area contributed by atoms with E-state index in [2.05, 4.69) is 11.9 Å². The molecular formula is C18H33N2NaO3. The van der Waals surface area contributed by atoms with Gasteiger partial charge in [-0.05, 0) is 12.8 Å². The fourth-order valence-electron chi connectivity index (χ4n) is 2.30. The molecule has 0 aromatic carbocycles. The number of hydrogen-bond acceptors (Lipinski definition) is 4. The quantitative estimate of drug-likeness (QED) is 0.387. The molecule has 6 heteroatoms. The van der Waals surface area contributed by atoms with Crippen LogP contribution in [0.25, 0.3) is 0 Å². The second-order valence-corrected chi connectivity index (χ2v) is 5.91. The van der Waals surface area contributed by atoms with Crippen molar-refractivity contribution in [1.29, 1.82) is 0 Å². The van der Waals surface area contributed by atoms with Crippen molar-refractivity contribution >= 4 is 18.2 Å². The van der Waals surface area contributed by atoms with Crippen LogP contribution in [0.3, 0.4) is 0 Å². The maximum Gasteiger partial charge on any atom is 1.00 e. The molecule has 24 heavy (non-hydrogen) atoms. The summed E-state index contributed by atoms with van der Waals surface area (Å²) in [6, 6.07) is 0. The number of hydrogen-bond donors (Lipinski definition) is 0. The number of carbonyl (C=O) groups excluding carboxylic acids is 2. The van der Waals surface area contributed by atoms with Crippen molar-refractivity contribution < 1.29 is 44.3 Å². The van der Waals surface area contributed by atoms with Gasteiger partial charge >= 0.3 is 29.6 Å². The SMILES string of the molecule is CCC(=O)[O-].CCCCCCCCCCCC(=O)N1C=NCC1.[Na+]. The molecule has 1 heterocycles. The Morgan fingerprint density at radius 1 is 1.00 bits per heavy atom. The molecule has 1 rings (SSSR count). The van der Waals surface area contributed by atoms with Gasteiger partial charge in [0.1, 0.15) is 0 Å². The first-order valence-corrected chi connectivity index (χ1v) is 9.11. The van der Waals surface area contributed by atoms with Gasteiger partial charge in [0.25, 0.3) is 0 Å². The summed E-state index contributed by atoms with van der Waals surface area (Å²) in [6.45, 7) is 5.36. The minimum Gasteiger partial charge on any atom is -0.550 e. The van der Waals surface area contributed by atoms with Crippen LogP contribution in [0.1, 0.15) is 84.5 Å². The molecule has 0 N–H and O–H groups in total. The van der Waals surface area contributed by atoms with Crippen LogP contribution in [-0.2, 0) is 9.59 Å². The number of rotatable bonds is 11. The minimum atomic E-state index is -0.995. The van der Waals surface area contributed by atoms with E-state index in [-0.39, 0.29) is 41.9 Å². The van der Waals surface area contributed by atoms with E-state index in [0.717, 1.165) is 19.5 Å². The predicted molar refractivity (Wildman–Crippen MR) is 92.2 cm³/mol. The van der Waals surface area contributed by atoms with E-state index in [0.29, 0.717) is 6.42 Å². The molecule has 0 saturated heterocycles. The molecule has 1 aliphatic rings. The van der Waals surface area contributed by atoms with Crippen molar-refractivity contribution in [1.82, 2.24) is 4.90 Å². The Balaban J connectivity index is 0. The van der Waals surface area contributed by atoms with Crippen LogP contribution in [-0.4, -0.2) is 36.2 Å². The molecule has 0 bridgehead atoms. The average Bonchev–Trinajstić information content (AvgIpc) is 3.08. The Morgan fingerprint density at radius 2 is 1.50 bits per heavy atom. The van der Waals surface area contributed by atoms with Crippen molar-refractivity contribution in [3.63, 3.8) is 0 Å². The van der Waals surface area contributed by atoms with Gasteiger partial charge in [0.15, 0.2) is 0 Å². The topological polar surface area (TPSA) is 72.8 Å². The van der Waals surface area contributed by atoms with Crippen molar-refractivity contribution in [2.45, 2.75) is 84.5 Å². The Labute approximate surface area is 169 Å². The molecule has 0 fully saturated rings. The van der Waals surface area contributed by atoms with E-state index in [1.54, 1.807) is 11.2 Å². The zero-order valence-corrected chi connectivity index (χ0v) is 17.9. The molecular weight excluding hydrogens is 315 g/mol. The van der Waals surface area contributed by atoms with Crippen molar-refractivity contribution in [3.05, 3.63) is 0 Å². The summed E-state index contributed by atoms with van der Waals surface area (Å²) in [7, 11) is 0. The third-order valence-electron chi connectivity index (χ3n) is 3.79. The van der Waals surface area contributed by atoms with E-state index in [1.807, 2.05) is 0 Å². The van der Waals surface area contributed by atoms with E-state index in [4.69, 9.17) is 0 Å². The molecule has 0 unspecified atom stereocenters. The second-order valence-electron chi connectivity index (χ2n) is 5.91. The minimum absolute atomic E-state index is 0. The molecule has 134 valence electrons. The Bertz CT molecular complexity index is 349. The zero-order valence-electron chi connectivity index (χ0n) is 15.9. The first kappa shape index (κ1) is 25.8. The standard InChI is InChI=1S/C15H28N2O.C3H6O2.Na/c1-2-3-4-5-6-7-8-9-10-11-15(18)17-13-12-16-14-17;1-2-3(4)5;/h14H,2-13H2,1H3;2H2,1H3,(H,4,5);/q;;+1/p-1. The number of carboxylic acids is 1. The molecule has 0 spiro atoms. The number of unbranched alkanes of at least 4 members (excludes halogenated alkanes) is 8. The third-order valence-corrected chi connectivity index (χ3v) is 3.79. The van der Waals surface area contributed by atoms with Crippen LogP contribution in [0.4, 0.5) is 0 Å². The number of amides is 1. The molecule has 5 nitrogen and oxygen atoms in total. The molecule has 0 aromatic rings. The smallest absolute Gasteiger partial charge is 0.550 e. The Hall–Kier alpha value is -0.390. The van der Waals surface area contributed by atoms with Crippen LogP contribution >= 0.6 is 0 Å². The Morgan fingerprint density at radius 3 is 1.92 bits per heavy atom. The average molecular weight is 348 g/mol. The third kappa shape index (κ3) is 16.5. The van der Waals surface area contributed by atoms with Gasteiger partial charge in [-0.2, -0.15) is 0 Å². The molecule has 0 radical (unpaired) electrons. The Kier molecular flexibility index (Phi) is 20.4. The van der Waals surface area contributed by atoms with Crippen LogP contribution in [0.15, 0.2) is 4.99 Å². The number of aliphatic imine (C=N–C) groups is 1. The van der Waals surface area contributed by atoms with Gasteiger partial charge < -0.3 is 14.8 Å². The summed E-state index contributed by atoms with van der Waals surface area (Å²) in [6.07, 6.45) is 14.2. The summed E-state index contributed by atoms with van der Waals surface area (Å²) >= 11 is 0. The van der Waals surface area contributed by atoms with E-state index in [9.17, 15) is 14.7 Å². The molecule has 0 aromatic heterocycles. The largest absolute Gasteiger partial charge is 1.00 e. The summed E-state index contributed by atoms with van der Waals surface area (Å²) in [5.74, 6) is -0.746. The molecule has 0 saturated carbocycles. The van der Waals surface area contributed by atoms with Crippen LogP contribution in [0.2, 0.25) is 0 Å². The van der Waals surface area contributed by atoms with Gasteiger partial charge in [-0.3, -0.25) is 9.79 Å². The number of carboxylic acid groups (broad SMARTS) is 1. The number of aliphatic carboxylic acids is 1. The van der Waals surface area contributed by atoms with Gasteiger partial charge in [-0.1, -0.05) is 65.2 Å². The van der Waals surface area contributed by atoms with Crippen molar-refractivity contribution in [2.24, 2.45) is 4.99 Å². The zero-order chi connectivity index (χ0) is 17.3. The fourth-order valence-corrected chi connectivity index (χ4v) is 2.30. The van der Waals surface area contributed by atoms with Crippen molar-refractivity contribution in [2.75, 3.05) is 13.1 Å². The maximum atomic E-state index is 11.7. The maximum absolute atomic E-state index is 11.7. The van der Waals surface area contributed by atoms with E-state index >= 15 is 0 Å². The van der Waals surface area contributed by atoms with E-state index < -0.39 is 5.97 Å². The first-order chi connectivity index (χ1) is 11.1. The summed E-state index contributed by atoms with van der Waals surface area (Å²) in [4.78, 5) is 26.8. The molecule has 0 aliphatic carbocycles. The van der Waals surface area contributed by atoms with Gasteiger partial charge in [0.05, 0.1) is 12.9 Å². The van der Waals surface area contributed by atoms with E-state index in [1.165, 1.54) is 58.3 Å². The fraction of sp³-hybridized carbons (Fsp3) is 0.833. The second kappa shape index (κ2) is 18.9. The van der Waals surface area contributed by atoms with Gasteiger partial charge in [-0.15, -0.1) is 0 Å². The summed E-state index contributed by atoms with van der Waals surface area (Å²) < 4.78 is 0. The number of nitrogens with zero attached hydrogens (tertiary/aromatic N) is 2. The van der Waals surface area contributed by atoms with Crippen LogP contribution in [0.5, 0.6) is 0 Å². The van der Waals surface area contributed by atoms with Gasteiger partial charge in [-0.25, -0.2) is 0 Å². The van der Waals surface area contributed by atoms with Crippen LogP contribution < -0.4 is 34.7 Å². The molecule has 1 aliphatic heterocycles. The monoisotopic (exact) mass is 348 g/mol. The summed E-state index contributed by atoms with van der Waals surface area (Å²) in [5, 5.41) is 9.26. The normalized spacial score (nSPS) is 12.3. The predicted octanol–water partition coefficient (Wildman–Crippen LogP) is -0.0719. The number of carbonyl (C=O) groups is 2.